The van der Waals surface area contributed by atoms with Crippen molar-refractivity contribution in [2.24, 2.45) is 5.73 Å². The molecule has 3 heteroatoms. The molecule has 1 aromatic rings. The fraction of sp³-hybridized carbons (Fsp3) is 0.538. The van der Waals surface area contributed by atoms with Crippen LogP contribution in [0.4, 0.5) is 10.1 Å². The molecular formula is C13H21FN2. The van der Waals surface area contributed by atoms with E-state index in [2.05, 4.69) is 6.92 Å². The summed E-state index contributed by atoms with van der Waals surface area (Å²) in [6, 6.07) is 5.44. The van der Waals surface area contributed by atoms with E-state index in [1.807, 2.05) is 31.0 Å². The van der Waals surface area contributed by atoms with E-state index in [0.717, 1.165) is 18.5 Å². The minimum Gasteiger partial charge on any atom is -0.372 e. The van der Waals surface area contributed by atoms with Crippen LogP contribution < -0.4 is 10.6 Å². The van der Waals surface area contributed by atoms with Crippen LogP contribution in [0.2, 0.25) is 0 Å². The third-order valence-electron chi connectivity index (χ3n) is 2.54. The number of rotatable bonds is 5. The monoisotopic (exact) mass is 224 g/mol. The van der Waals surface area contributed by atoms with E-state index >= 15 is 0 Å². The summed E-state index contributed by atoms with van der Waals surface area (Å²) in [6.45, 7) is 4.87. The van der Waals surface area contributed by atoms with Gasteiger partial charge in [-0.25, -0.2) is 4.39 Å². The maximum Gasteiger partial charge on any atom is 0.146 e. The standard InChI is InChI=1S/C13H21FN2/c1-4-7-16(3)13-6-5-11(8-10(2)15)9-12(13)14/h5-6,9-10H,4,7-8,15H2,1-3H3. The maximum absolute atomic E-state index is 13.8. The van der Waals surface area contributed by atoms with Crippen molar-refractivity contribution in [1.29, 1.82) is 0 Å². The molecule has 2 N–H and O–H groups in total. The smallest absolute Gasteiger partial charge is 0.146 e. The van der Waals surface area contributed by atoms with Crippen molar-refractivity contribution in [2.75, 3.05) is 18.5 Å². The SMILES string of the molecule is CCCN(C)c1ccc(CC(C)N)cc1F. The number of halogens is 1. The predicted octanol–water partition coefficient (Wildman–Crippen LogP) is 2.56. The second kappa shape index (κ2) is 5.85. The zero-order valence-electron chi connectivity index (χ0n) is 10.3. The summed E-state index contributed by atoms with van der Waals surface area (Å²) in [6.07, 6.45) is 1.73. The minimum absolute atomic E-state index is 0.0682. The molecule has 0 radical (unpaired) electrons. The Balaban J connectivity index is 2.82. The summed E-state index contributed by atoms with van der Waals surface area (Å²) in [4.78, 5) is 1.94. The predicted molar refractivity (Wildman–Crippen MR) is 67.3 cm³/mol. The number of hydrogen-bond acceptors (Lipinski definition) is 2. The summed E-state index contributed by atoms with van der Waals surface area (Å²) in [5, 5.41) is 0. The maximum atomic E-state index is 13.8. The van der Waals surface area contributed by atoms with Gasteiger partial charge in [0.05, 0.1) is 5.69 Å². The van der Waals surface area contributed by atoms with Gasteiger partial charge in [0.1, 0.15) is 5.82 Å². The molecule has 0 aliphatic heterocycles. The molecule has 0 saturated heterocycles. The second-order valence-corrected chi connectivity index (χ2v) is 4.39. The first kappa shape index (κ1) is 13.0. The topological polar surface area (TPSA) is 29.3 Å². The lowest BCUT2D eigenvalue weighted by Gasteiger charge is -2.19. The van der Waals surface area contributed by atoms with Gasteiger partial charge in [-0.2, -0.15) is 0 Å². The van der Waals surface area contributed by atoms with Crippen LogP contribution >= 0.6 is 0 Å². The number of benzene rings is 1. The van der Waals surface area contributed by atoms with Crippen LogP contribution in [0, 0.1) is 5.82 Å². The van der Waals surface area contributed by atoms with Crippen molar-refractivity contribution in [3.63, 3.8) is 0 Å². The Hall–Kier alpha value is -1.09. The van der Waals surface area contributed by atoms with Crippen molar-refractivity contribution in [3.8, 4) is 0 Å². The van der Waals surface area contributed by atoms with Crippen LogP contribution in [0.5, 0.6) is 0 Å². The highest BCUT2D eigenvalue weighted by molar-refractivity contribution is 5.48. The molecule has 1 atom stereocenters. The number of anilines is 1. The quantitative estimate of drug-likeness (QED) is 0.833. The van der Waals surface area contributed by atoms with E-state index in [1.165, 1.54) is 0 Å². The average Bonchev–Trinajstić information content (AvgIpc) is 2.16. The molecule has 90 valence electrons. The summed E-state index contributed by atoms with van der Waals surface area (Å²) < 4.78 is 13.8. The summed E-state index contributed by atoms with van der Waals surface area (Å²) in [7, 11) is 1.91. The first-order chi connectivity index (χ1) is 7.54. The van der Waals surface area contributed by atoms with E-state index < -0.39 is 0 Å². The van der Waals surface area contributed by atoms with Gasteiger partial charge in [-0.15, -0.1) is 0 Å². The Kier molecular flexibility index (Phi) is 4.74. The summed E-state index contributed by atoms with van der Waals surface area (Å²) >= 11 is 0. The largest absolute Gasteiger partial charge is 0.372 e. The molecule has 0 bridgehead atoms. The molecule has 0 fully saturated rings. The van der Waals surface area contributed by atoms with Crippen LogP contribution in [0.3, 0.4) is 0 Å². The number of nitrogens with zero attached hydrogens (tertiary/aromatic N) is 1. The van der Waals surface area contributed by atoms with Gasteiger partial charge in [-0.3, -0.25) is 0 Å². The van der Waals surface area contributed by atoms with Gasteiger partial charge >= 0.3 is 0 Å². The molecular weight excluding hydrogens is 203 g/mol. The van der Waals surface area contributed by atoms with Gasteiger partial charge in [0.15, 0.2) is 0 Å². The molecule has 0 spiro atoms. The van der Waals surface area contributed by atoms with Crippen LogP contribution in [-0.4, -0.2) is 19.6 Å². The van der Waals surface area contributed by atoms with E-state index in [4.69, 9.17) is 5.73 Å². The van der Waals surface area contributed by atoms with Gasteiger partial charge in [0.2, 0.25) is 0 Å². The van der Waals surface area contributed by atoms with E-state index in [9.17, 15) is 4.39 Å². The molecule has 1 unspecified atom stereocenters. The Bertz CT molecular complexity index is 337. The fourth-order valence-corrected chi connectivity index (χ4v) is 1.81. The molecule has 0 aliphatic carbocycles. The Morgan fingerprint density at radius 1 is 1.44 bits per heavy atom. The zero-order valence-corrected chi connectivity index (χ0v) is 10.3. The fourth-order valence-electron chi connectivity index (χ4n) is 1.81. The molecule has 2 nitrogen and oxygen atoms in total. The van der Waals surface area contributed by atoms with Crippen LogP contribution in [0.1, 0.15) is 25.8 Å². The normalized spacial score (nSPS) is 12.6. The zero-order chi connectivity index (χ0) is 12.1. The van der Waals surface area contributed by atoms with Crippen LogP contribution in [-0.2, 0) is 6.42 Å². The number of nitrogens with two attached hydrogens (primary N) is 1. The highest BCUT2D eigenvalue weighted by Gasteiger charge is 2.08. The van der Waals surface area contributed by atoms with Crippen molar-refractivity contribution >= 4 is 5.69 Å². The molecule has 1 rings (SSSR count). The van der Waals surface area contributed by atoms with Gasteiger partial charge in [-0.1, -0.05) is 13.0 Å². The minimum atomic E-state index is -0.158. The van der Waals surface area contributed by atoms with Crippen molar-refractivity contribution < 1.29 is 4.39 Å². The molecule has 16 heavy (non-hydrogen) atoms. The third kappa shape index (κ3) is 3.49. The van der Waals surface area contributed by atoms with E-state index in [0.29, 0.717) is 12.1 Å². The number of hydrogen-bond donors (Lipinski definition) is 1. The molecule has 0 aromatic heterocycles. The molecule has 0 aliphatic rings. The van der Waals surface area contributed by atoms with Crippen LogP contribution in [0.15, 0.2) is 18.2 Å². The van der Waals surface area contributed by atoms with Gasteiger partial charge in [0.25, 0.3) is 0 Å². The van der Waals surface area contributed by atoms with Crippen molar-refractivity contribution in [1.82, 2.24) is 0 Å². The highest BCUT2D eigenvalue weighted by atomic mass is 19.1. The van der Waals surface area contributed by atoms with Gasteiger partial charge < -0.3 is 10.6 Å². The van der Waals surface area contributed by atoms with Crippen LogP contribution in [0.25, 0.3) is 0 Å². The first-order valence-electron chi connectivity index (χ1n) is 5.79. The summed E-state index contributed by atoms with van der Waals surface area (Å²) in [5.41, 5.74) is 7.31. The van der Waals surface area contributed by atoms with Gasteiger partial charge in [-0.05, 0) is 37.5 Å². The highest BCUT2D eigenvalue weighted by Crippen LogP contribution is 2.20. The lowest BCUT2D eigenvalue weighted by molar-refractivity contribution is 0.617. The Morgan fingerprint density at radius 3 is 2.62 bits per heavy atom. The Labute approximate surface area is 97.3 Å². The lowest BCUT2D eigenvalue weighted by Crippen LogP contribution is -2.20. The third-order valence-corrected chi connectivity index (χ3v) is 2.54. The second-order valence-electron chi connectivity index (χ2n) is 4.39. The first-order valence-corrected chi connectivity index (χ1v) is 5.79. The Morgan fingerprint density at radius 2 is 2.12 bits per heavy atom. The lowest BCUT2D eigenvalue weighted by atomic mass is 10.1. The average molecular weight is 224 g/mol. The van der Waals surface area contributed by atoms with E-state index in [-0.39, 0.29) is 11.9 Å². The van der Waals surface area contributed by atoms with E-state index in [1.54, 1.807) is 6.07 Å². The molecule has 0 heterocycles. The van der Waals surface area contributed by atoms with Gasteiger partial charge in [0, 0.05) is 19.6 Å². The molecule has 0 saturated carbocycles. The van der Waals surface area contributed by atoms with Crippen molar-refractivity contribution in [2.45, 2.75) is 32.7 Å². The van der Waals surface area contributed by atoms with Crippen molar-refractivity contribution in [3.05, 3.63) is 29.6 Å². The molecule has 1 aromatic carbocycles. The molecule has 0 amide bonds. The summed E-state index contributed by atoms with van der Waals surface area (Å²) in [5.74, 6) is -0.158.